The van der Waals surface area contributed by atoms with Crippen LogP contribution in [0.5, 0.6) is 0 Å². The van der Waals surface area contributed by atoms with Gasteiger partial charge < -0.3 is 24.1 Å². The standard InChI is InChI=1S/C21H33BN4O5Si/c1-21(2,3)31-20(27)25-12-17-18(13-25)26(14-30-9-10-32(4,5)6)19(24-17)16-11-15(22(28)29)7-8-23-16/h7-8,11,28-29H,9-10,12-14H2,1-6H3. The lowest BCUT2D eigenvalue weighted by molar-refractivity contribution is 0.0232. The van der Waals surface area contributed by atoms with Gasteiger partial charge in [-0.05, 0) is 44.4 Å². The first-order valence-corrected chi connectivity index (χ1v) is 14.5. The molecule has 1 aliphatic rings. The number of carbonyl (C=O) groups excluding carboxylic acids is 1. The van der Waals surface area contributed by atoms with Gasteiger partial charge in [0, 0.05) is 20.9 Å². The second-order valence-electron chi connectivity index (χ2n) is 10.3. The van der Waals surface area contributed by atoms with E-state index >= 15 is 0 Å². The monoisotopic (exact) mass is 460 g/mol. The normalized spacial score (nSPS) is 13.9. The first kappa shape index (κ1) is 24.4. The molecule has 0 fully saturated rings. The molecule has 0 radical (unpaired) electrons. The van der Waals surface area contributed by atoms with Crippen molar-refractivity contribution in [2.45, 2.75) is 71.9 Å². The summed E-state index contributed by atoms with van der Waals surface area (Å²) >= 11 is 0. The van der Waals surface area contributed by atoms with E-state index < -0.39 is 20.8 Å². The maximum Gasteiger partial charge on any atom is 0.488 e. The lowest BCUT2D eigenvalue weighted by Gasteiger charge is -2.24. The number of ether oxygens (including phenoxy) is 2. The van der Waals surface area contributed by atoms with E-state index in [1.807, 2.05) is 25.3 Å². The summed E-state index contributed by atoms with van der Waals surface area (Å²) in [6.07, 6.45) is 1.14. The fourth-order valence-corrected chi connectivity index (χ4v) is 4.07. The Kier molecular flexibility index (Phi) is 7.13. The Morgan fingerprint density at radius 1 is 1.25 bits per heavy atom. The third-order valence-electron chi connectivity index (χ3n) is 5.02. The minimum Gasteiger partial charge on any atom is -0.444 e. The van der Waals surface area contributed by atoms with Gasteiger partial charge in [-0.1, -0.05) is 19.6 Å². The summed E-state index contributed by atoms with van der Waals surface area (Å²) in [5, 5.41) is 19.1. The Hall–Kier alpha value is -2.21. The summed E-state index contributed by atoms with van der Waals surface area (Å²) in [6, 6.07) is 4.18. The summed E-state index contributed by atoms with van der Waals surface area (Å²) in [4.78, 5) is 23.3. The van der Waals surface area contributed by atoms with Crippen molar-refractivity contribution < 1.29 is 24.3 Å². The van der Waals surface area contributed by atoms with Crippen LogP contribution in [-0.4, -0.2) is 63.0 Å². The third-order valence-corrected chi connectivity index (χ3v) is 6.72. The number of carbonyl (C=O) groups is 1. The van der Waals surface area contributed by atoms with E-state index in [4.69, 9.17) is 14.5 Å². The highest BCUT2D eigenvalue weighted by Gasteiger charge is 2.33. The Morgan fingerprint density at radius 3 is 2.59 bits per heavy atom. The number of aromatic nitrogens is 3. The minimum absolute atomic E-state index is 0.276. The molecule has 0 atom stereocenters. The van der Waals surface area contributed by atoms with Gasteiger partial charge in [0.1, 0.15) is 18.0 Å². The van der Waals surface area contributed by atoms with Crippen molar-refractivity contribution in [1.29, 1.82) is 0 Å². The quantitative estimate of drug-likeness (QED) is 0.482. The van der Waals surface area contributed by atoms with E-state index in [0.29, 0.717) is 36.7 Å². The van der Waals surface area contributed by atoms with Gasteiger partial charge in [0.25, 0.3) is 0 Å². The predicted octanol–water partition coefficient (Wildman–Crippen LogP) is 2.19. The van der Waals surface area contributed by atoms with Gasteiger partial charge >= 0.3 is 13.2 Å². The van der Waals surface area contributed by atoms with Crippen molar-refractivity contribution in [1.82, 2.24) is 19.4 Å². The third kappa shape index (κ3) is 6.19. The van der Waals surface area contributed by atoms with Crippen LogP contribution in [0.15, 0.2) is 18.3 Å². The van der Waals surface area contributed by atoms with Gasteiger partial charge in [-0.2, -0.15) is 0 Å². The number of amides is 1. The Labute approximate surface area is 190 Å². The molecule has 0 aromatic carbocycles. The zero-order valence-electron chi connectivity index (χ0n) is 19.8. The lowest BCUT2D eigenvalue weighted by atomic mass is 9.80. The molecular weight excluding hydrogens is 427 g/mol. The van der Waals surface area contributed by atoms with Crippen molar-refractivity contribution in [3.05, 3.63) is 29.7 Å². The molecule has 2 aromatic rings. The van der Waals surface area contributed by atoms with Gasteiger partial charge in [0.15, 0.2) is 5.82 Å². The Bertz CT molecular complexity index is 968. The SMILES string of the molecule is CC(C)(C)OC(=O)N1Cc2nc(-c3cc(B(O)O)ccn3)n(COCC[Si](C)(C)C)c2C1. The van der Waals surface area contributed by atoms with Crippen molar-refractivity contribution in [2.75, 3.05) is 6.61 Å². The number of fused-ring (bicyclic) bond motifs is 1. The first-order chi connectivity index (χ1) is 14.8. The average molecular weight is 460 g/mol. The number of imidazole rings is 1. The smallest absolute Gasteiger partial charge is 0.444 e. The van der Waals surface area contributed by atoms with Crippen molar-refractivity contribution in [3.63, 3.8) is 0 Å². The maximum absolute atomic E-state index is 12.6. The van der Waals surface area contributed by atoms with Crippen LogP contribution in [-0.2, 0) is 29.3 Å². The van der Waals surface area contributed by atoms with Gasteiger partial charge in [0.2, 0.25) is 0 Å². The van der Waals surface area contributed by atoms with E-state index in [1.54, 1.807) is 17.0 Å². The molecule has 0 aliphatic carbocycles. The molecule has 3 rings (SSSR count). The first-order valence-electron chi connectivity index (χ1n) is 10.8. The molecule has 3 heterocycles. The topological polar surface area (TPSA) is 110 Å². The summed E-state index contributed by atoms with van der Waals surface area (Å²) < 4.78 is 13.4. The molecule has 11 heteroatoms. The molecule has 1 aliphatic heterocycles. The van der Waals surface area contributed by atoms with Crippen LogP contribution in [0.2, 0.25) is 25.7 Å². The number of pyridine rings is 1. The largest absolute Gasteiger partial charge is 0.488 e. The number of hydrogen-bond acceptors (Lipinski definition) is 7. The predicted molar refractivity (Wildman–Crippen MR) is 125 cm³/mol. The molecule has 1 amide bonds. The lowest BCUT2D eigenvalue weighted by Crippen LogP contribution is -2.34. The highest BCUT2D eigenvalue weighted by molar-refractivity contribution is 6.76. The van der Waals surface area contributed by atoms with Gasteiger partial charge in [-0.3, -0.25) is 9.88 Å². The number of nitrogens with zero attached hydrogens (tertiary/aromatic N) is 4. The Balaban J connectivity index is 1.87. The molecule has 2 aromatic heterocycles. The van der Waals surface area contributed by atoms with Crippen LogP contribution in [0.1, 0.15) is 32.2 Å². The van der Waals surface area contributed by atoms with Crippen LogP contribution >= 0.6 is 0 Å². The molecule has 0 spiro atoms. The summed E-state index contributed by atoms with van der Waals surface area (Å²) in [5.41, 5.74) is 1.91. The maximum atomic E-state index is 12.6. The molecule has 0 saturated heterocycles. The average Bonchev–Trinajstić information content (AvgIpc) is 3.22. The van der Waals surface area contributed by atoms with Crippen molar-refractivity contribution >= 4 is 26.7 Å². The molecule has 0 unspecified atom stereocenters. The molecule has 0 saturated carbocycles. The van der Waals surface area contributed by atoms with Crippen LogP contribution in [0.25, 0.3) is 11.5 Å². The molecule has 174 valence electrons. The molecule has 9 nitrogen and oxygen atoms in total. The molecule has 0 bridgehead atoms. The highest BCUT2D eigenvalue weighted by Crippen LogP contribution is 2.29. The van der Waals surface area contributed by atoms with Gasteiger partial charge in [-0.15, -0.1) is 0 Å². The van der Waals surface area contributed by atoms with Crippen LogP contribution in [0.4, 0.5) is 4.79 Å². The summed E-state index contributed by atoms with van der Waals surface area (Å²) in [6.45, 7) is 14.0. The highest BCUT2D eigenvalue weighted by atomic mass is 28.3. The van der Waals surface area contributed by atoms with E-state index in [9.17, 15) is 14.8 Å². The second-order valence-corrected chi connectivity index (χ2v) is 15.9. The second kappa shape index (κ2) is 9.34. The van der Waals surface area contributed by atoms with Crippen molar-refractivity contribution in [3.8, 4) is 11.5 Å². The van der Waals surface area contributed by atoms with E-state index in [-0.39, 0.29) is 12.8 Å². The van der Waals surface area contributed by atoms with Crippen LogP contribution in [0, 0.1) is 0 Å². The van der Waals surface area contributed by atoms with Gasteiger partial charge in [0.05, 0.1) is 24.5 Å². The van der Waals surface area contributed by atoms with E-state index in [2.05, 4.69) is 24.6 Å². The molecular formula is C21H33BN4O5Si. The minimum atomic E-state index is -1.59. The molecule has 2 N–H and O–H groups in total. The van der Waals surface area contributed by atoms with E-state index in [1.165, 1.54) is 6.20 Å². The van der Waals surface area contributed by atoms with Crippen LogP contribution in [0.3, 0.4) is 0 Å². The van der Waals surface area contributed by atoms with Gasteiger partial charge in [-0.25, -0.2) is 9.78 Å². The summed E-state index contributed by atoms with van der Waals surface area (Å²) in [7, 11) is -2.83. The number of hydrogen-bond donors (Lipinski definition) is 2. The molecule has 32 heavy (non-hydrogen) atoms. The fraction of sp³-hybridized carbons (Fsp3) is 0.571. The zero-order chi connectivity index (χ0) is 23.7. The summed E-state index contributed by atoms with van der Waals surface area (Å²) in [5.74, 6) is 0.578. The zero-order valence-corrected chi connectivity index (χ0v) is 20.8. The van der Waals surface area contributed by atoms with Crippen molar-refractivity contribution in [2.24, 2.45) is 0 Å². The fourth-order valence-electron chi connectivity index (χ4n) is 3.31. The Morgan fingerprint density at radius 2 is 1.97 bits per heavy atom. The van der Waals surface area contributed by atoms with Crippen LogP contribution < -0.4 is 5.46 Å². The van der Waals surface area contributed by atoms with E-state index in [0.717, 1.165) is 17.4 Å². The number of rotatable bonds is 7.